The van der Waals surface area contributed by atoms with Gasteiger partial charge in [-0.25, -0.2) is 15.1 Å². The number of hydrazine groups is 1. The van der Waals surface area contributed by atoms with E-state index in [0.717, 1.165) is 0 Å². The fourth-order valence-corrected chi connectivity index (χ4v) is 1.67. The number of nitrogens with two attached hydrogens (primary N) is 2. The van der Waals surface area contributed by atoms with E-state index in [1.807, 2.05) is 0 Å². The topological polar surface area (TPSA) is 192 Å². The molecule has 0 heterocycles. The van der Waals surface area contributed by atoms with Gasteiger partial charge in [-0.05, 0) is 25.0 Å². The van der Waals surface area contributed by atoms with Crippen molar-refractivity contribution in [3.63, 3.8) is 0 Å². The van der Waals surface area contributed by atoms with E-state index in [-0.39, 0.29) is 41.6 Å². The predicted molar refractivity (Wildman–Crippen MR) is 95.9 cm³/mol. The molecule has 0 aromatic heterocycles. The summed E-state index contributed by atoms with van der Waals surface area (Å²) in [4.78, 5) is 35.7. The predicted octanol–water partition coefficient (Wildman–Crippen LogP) is 0.315. The van der Waals surface area contributed by atoms with Gasteiger partial charge in [-0.3, -0.25) is 14.9 Å². The number of aliphatic imine (C=N–C) groups is 1. The number of anilines is 1. The lowest BCUT2D eigenvalue weighted by Gasteiger charge is -2.11. The van der Waals surface area contributed by atoms with Crippen LogP contribution in [0.15, 0.2) is 29.3 Å². The number of nitrogens with one attached hydrogen (secondary N) is 2. The normalized spacial score (nSPS) is 11.8. The lowest BCUT2D eigenvalue weighted by molar-refractivity contribution is -0.525. The number of rotatable bonds is 8. The Balaban J connectivity index is 0.00000576. The summed E-state index contributed by atoms with van der Waals surface area (Å²) in [5, 5.41) is 22.3. The van der Waals surface area contributed by atoms with Crippen molar-refractivity contribution in [3.8, 4) is 0 Å². The van der Waals surface area contributed by atoms with Crippen molar-refractivity contribution in [1.29, 1.82) is 0 Å². The summed E-state index contributed by atoms with van der Waals surface area (Å²) in [6, 6.07) is 4.51. The smallest absolute Gasteiger partial charge is 0.269 e. The van der Waals surface area contributed by atoms with Crippen LogP contribution in [-0.2, 0) is 4.79 Å². The highest BCUT2D eigenvalue weighted by molar-refractivity contribution is 8.93. The summed E-state index contributed by atoms with van der Waals surface area (Å²) < 4.78 is 0. The van der Waals surface area contributed by atoms with E-state index >= 15 is 0 Å². The number of halogens is 1. The number of benzene rings is 1. The number of non-ortho nitro benzene ring substituents is 1. The van der Waals surface area contributed by atoms with Crippen LogP contribution in [0.2, 0.25) is 0 Å². The second-order valence-corrected chi connectivity index (χ2v) is 4.68. The standard InChI is InChI=1S/C12H17N7O5.BrH/c13-10(2-1-7-15-12(14)17-19(23)24)11(20)16-8-3-5-9(6-4-8)18(21)22;/h3-6,10H,1-2,7,13H2,(H,16,20)(H3,14,15,17);1H. The van der Waals surface area contributed by atoms with Gasteiger partial charge in [0.1, 0.15) is 0 Å². The molecule has 0 spiro atoms. The van der Waals surface area contributed by atoms with Crippen LogP contribution in [0, 0.1) is 20.2 Å². The molecule has 0 aliphatic rings. The fraction of sp³-hybridized carbons (Fsp3) is 0.333. The number of guanidine groups is 1. The SMILES string of the molecule is Br.NC(=NCCCC(N)C(=O)Nc1ccc([N+](=O)[O-])cc1)N[N+](=O)[O-]. The minimum absolute atomic E-state index is 0. The Morgan fingerprint density at radius 1 is 1.24 bits per heavy atom. The van der Waals surface area contributed by atoms with Crippen LogP contribution in [0.3, 0.4) is 0 Å². The molecule has 12 nitrogen and oxygen atoms in total. The second kappa shape index (κ2) is 10.9. The Hall–Kier alpha value is -2.80. The van der Waals surface area contributed by atoms with Crippen LogP contribution < -0.4 is 22.2 Å². The Labute approximate surface area is 152 Å². The van der Waals surface area contributed by atoms with Crippen molar-refractivity contribution in [2.75, 3.05) is 11.9 Å². The largest absolute Gasteiger partial charge is 0.365 e. The van der Waals surface area contributed by atoms with E-state index in [1.54, 1.807) is 5.43 Å². The van der Waals surface area contributed by atoms with E-state index in [1.165, 1.54) is 24.3 Å². The van der Waals surface area contributed by atoms with Crippen LogP contribution in [0.5, 0.6) is 0 Å². The molecular formula is C12H18BrN7O5. The minimum atomic E-state index is -0.831. The molecular weight excluding hydrogens is 402 g/mol. The zero-order valence-corrected chi connectivity index (χ0v) is 14.7. The number of hydrogen-bond acceptors (Lipinski definition) is 7. The molecule has 1 aromatic carbocycles. The molecule has 0 aliphatic heterocycles. The molecule has 0 saturated carbocycles. The maximum absolute atomic E-state index is 11.9. The highest BCUT2D eigenvalue weighted by Crippen LogP contribution is 2.15. The van der Waals surface area contributed by atoms with Crippen molar-refractivity contribution in [1.82, 2.24) is 5.43 Å². The van der Waals surface area contributed by atoms with Crippen LogP contribution in [0.4, 0.5) is 11.4 Å². The van der Waals surface area contributed by atoms with E-state index in [0.29, 0.717) is 12.1 Å². The van der Waals surface area contributed by atoms with Crippen molar-refractivity contribution < 1.29 is 14.8 Å². The molecule has 1 aromatic rings. The molecule has 0 saturated heterocycles. The highest BCUT2D eigenvalue weighted by Gasteiger charge is 2.14. The van der Waals surface area contributed by atoms with Gasteiger partial charge in [0.15, 0.2) is 5.03 Å². The monoisotopic (exact) mass is 419 g/mol. The van der Waals surface area contributed by atoms with Crippen LogP contribution in [-0.4, -0.2) is 34.4 Å². The quantitative estimate of drug-likeness (QED) is 0.152. The summed E-state index contributed by atoms with van der Waals surface area (Å²) in [7, 11) is 0. The molecule has 1 atom stereocenters. The number of nitrogens with zero attached hydrogens (tertiary/aromatic N) is 3. The van der Waals surface area contributed by atoms with Gasteiger partial charge in [-0.1, -0.05) is 5.43 Å². The third kappa shape index (κ3) is 8.57. The number of carbonyl (C=O) groups is 1. The minimum Gasteiger partial charge on any atom is -0.365 e. The average Bonchev–Trinajstić information content (AvgIpc) is 2.51. The van der Waals surface area contributed by atoms with E-state index in [4.69, 9.17) is 11.5 Å². The zero-order chi connectivity index (χ0) is 18.1. The first kappa shape index (κ1) is 22.2. The van der Waals surface area contributed by atoms with Crippen molar-refractivity contribution in [2.24, 2.45) is 16.5 Å². The van der Waals surface area contributed by atoms with Crippen molar-refractivity contribution in [2.45, 2.75) is 18.9 Å². The summed E-state index contributed by atoms with van der Waals surface area (Å²) in [6.07, 6.45) is 0.684. The molecule has 0 bridgehead atoms. The number of nitro groups is 2. The molecule has 1 unspecified atom stereocenters. The molecule has 1 amide bonds. The van der Waals surface area contributed by atoms with E-state index in [2.05, 4.69) is 10.3 Å². The third-order valence-electron chi connectivity index (χ3n) is 2.84. The zero-order valence-electron chi connectivity index (χ0n) is 13.0. The summed E-state index contributed by atoms with van der Waals surface area (Å²) in [5.74, 6) is -0.784. The maximum Gasteiger partial charge on any atom is 0.269 e. The van der Waals surface area contributed by atoms with Gasteiger partial charge in [-0.15, -0.1) is 17.0 Å². The van der Waals surface area contributed by atoms with Gasteiger partial charge < -0.3 is 16.8 Å². The third-order valence-corrected chi connectivity index (χ3v) is 2.84. The van der Waals surface area contributed by atoms with Gasteiger partial charge in [0.05, 0.1) is 11.0 Å². The Kier molecular flexibility index (Phi) is 9.66. The highest BCUT2D eigenvalue weighted by atomic mass is 79.9. The van der Waals surface area contributed by atoms with Gasteiger partial charge >= 0.3 is 0 Å². The number of nitro benzene ring substituents is 1. The average molecular weight is 420 g/mol. The second-order valence-electron chi connectivity index (χ2n) is 4.68. The summed E-state index contributed by atoms with van der Waals surface area (Å²) in [5.41, 5.74) is 12.9. The summed E-state index contributed by atoms with van der Waals surface area (Å²) in [6.45, 7) is 0.172. The molecule has 138 valence electrons. The summed E-state index contributed by atoms with van der Waals surface area (Å²) >= 11 is 0. The molecule has 0 aliphatic carbocycles. The van der Waals surface area contributed by atoms with Gasteiger partial charge in [0.2, 0.25) is 5.91 Å². The molecule has 6 N–H and O–H groups in total. The van der Waals surface area contributed by atoms with Crippen molar-refractivity contribution in [3.05, 3.63) is 44.5 Å². The van der Waals surface area contributed by atoms with Crippen molar-refractivity contribution >= 4 is 40.2 Å². The van der Waals surface area contributed by atoms with E-state index < -0.39 is 21.9 Å². The molecule has 0 fully saturated rings. The molecule has 1 rings (SSSR count). The fourth-order valence-electron chi connectivity index (χ4n) is 1.67. The van der Waals surface area contributed by atoms with Crippen LogP contribution >= 0.6 is 17.0 Å². The Morgan fingerprint density at radius 3 is 2.36 bits per heavy atom. The first-order valence-electron chi connectivity index (χ1n) is 6.81. The number of hydrogen-bond donors (Lipinski definition) is 4. The Morgan fingerprint density at radius 2 is 1.84 bits per heavy atom. The number of carbonyl (C=O) groups excluding carboxylic acids is 1. The van der Waals surface area contributed by atoms with Crippen LogP contribution in [0.1, 0.15) is 12.8 Å². The molecule has 25 heavy (non-hydrogen) atoms. The van der Waals surface area contributed by atoms with Crippen LogP contribution in [0.25, 0.3) is 0 Å². The van der Waals surface area contributed by atoms with Gasteiger partial charge in [-0.2, -0.15) is 0 Å². The first-order valence-corrected chi connectivity index (χ1v) is 6.81. The lowest BCUT2D eigenvalue weighted by Crippen LogP contribution is -2.37. The maximum atomic E-state index is 11.9. The Bertz CT molecular complexity index is 637. The lowest BCUT2D eigenvalue weighted by atomic mass is 10.1. The van der Waals surface area contributed by atoms with Gasteiger partial charge in [0, 0.05) is 24.4 Å². The van der Waals surface area contributed by atoms with E-state index in [9.17, 15) is 25.0 Å². The number of amides is 1. The molecule has 13 heteroatoms. The van der Waals surface area contributed by atoms with Gasteiger partial charge in [0.25, 0.3) is 11.6 Å². The molecule has 0 radical (unpaired) electrons. The first-order chi connectivity index (χ1) is 11.3.